The Morgan fingerprint density at radius 2 is 2.17 bits per heavy atom. The third-order valence-electron chi connectivity index (χ3n) is 3.26. The number of fused-ring (bicyclic) bond motifs is 1. The molecule has 23 heavy (non-hydrogen) atoms. The monoisotopic (exact) mass is 314 g/mol. The number of nitrogens with zero attached hydrogens (tertiary/aromatic N) is 4. The van der Waals surface area contributed by atoms with Crippen LogP contribution < -0.4 is 11.1 Å². The molecule has 1 aromatic carbocycles. The number of amides is 1. The van der Waals surface area contributed by atoms with Crippen molar-refractivity contribution >= 4 is 34.4 Å². The zero-order valence-electron chi connectivity index (χ0n) is 12.3. The van der Waals surface area contributed by atoms with Crippen LogP contribution in [0, 0.1) is 0 Å². The predicted octanol–water partition coefficient (Wildman–Crippen LogP) is 1.33. The summed E-state index contributed by atoms with van der Waals surface area (Å²) in [6.45, 7) is -0.0819. The van der Waals surface area contributed by atoms with Crippen molar-refractivity contribution in [3.63, 3.8) is 0 Å². The molecule has 0 aliphatic heterocycles. The molecule has 3 N–H and O–H groups in total. The summed E-state index contributed by atoms with van der Waals surface area (Å²) in [5.41, 5.74) is 7.20. The van der Waals surface area contributed by atoms with Crippen LogP contribution in [0.5, 0.6) is 0 Å². The van der Waals surface area contributed by atoms with Crippen LogP contribution in [0.2, 0.25) is 0 Å². The fraction of sp³-hybridized carbons (Fsp3) is 0.143. The summed E-state index contributed by atoms with van der Waals surface area (Å²) in [4.78, 5) is 24.7. The number of hydrogen-bond acceptors (Lipinski definition) is 6. The summed E-state index contributed by atoms with van der Waals surface area (Å²) in [7, 11) is 1.24. The van der Waals surface area contributed by atoms with E-state index in [1.165, 1.54) is 22.7 Å². The minimum absolute atomic E-state index is 0.0819. The Bertz CT molecular complexity index is 882. The number of methoxy groups -OCH3 is 1. The van der Waals surface area contributed by atoms with E-state index in [1.807, 2.05) is 6.07 Å². The molecule has 0 saturated heterocycles. The van der Waals surface area contributed by atoms with E-state index in [4.69, 9.17) is 5.73 Å². The number of nitrogens with one attached hydrogen (secondary N) is 1. The molecule has 0 aliphatic rings. The van der Waals surface area contributed by atoms with Gasteiger partial charge in [0, 0.05) is 17.3 Å². The highest BCUT2D eigenvalue weighted by molar-refractivity contribution is 5.97. The summed E-state index contributed by atoms with van der Waals surface area (Å²) >= 11 is 0. The normalized spacial score (nSPS) is 10.7. The first kappa shape index (κ1) is 14.6. The van der Waals surface area contributed by atoms with Crippen molar-refractivity contribution in [1.82, 2.24) is 19.6 Å². The molecule has 9 nitrogen and oxygen atoms in total. The average molecular weight is 314 g/mol. The summed E-state index contributed by atoms with van der Waals surface area (Å²) in [5, 5.41) is 11.1. The van der Waals surface area contributed by atoms with Crippen molar-refractivity contribution in [3.05, 3.63) is 36.7 Å². The molecule has 0 saturated carbocycles. The third kappa shape index (κ3) is 2.84. The van der Waals surface area contributed by atoms with E-state index in [0.29, 0.717) is 5.69 Å². The van der Waals surface area contributed by atoms with Crippen LogP contribution in [0.4, 0.5) is 16.3 Å². The minimum Gasteiger partial charge on any atom is -0.453 e. The Hall–Kier alpha value is -3.36. The average Bonchev–Trinajstić information content (AvgIpc) is 3.14. The van der Waals surface area contributed by atoms with Gasteiger partial charge in [0.2, 0.25) is 0 Å². The Balaban J connectivity index is 1.78. The molecule has 0 unspecified atom stereocenters. The van der Waals surface area contributed by atoms with E-state index in [1.54, 1.807) is 24.4 Å². The number of anilines is 2. The van der Waals surface area contributed by atoms with Gasteiger partial charge in [-0.3, -0.25) is 14.7 Å². The Labute approximate surface area is 130 Å². The van der Waals surface area contributed by atoms with Crippen LogP contribution >= 0.6 is 0 Å². The molecule has 0 bridgehead atoms. The minimum atomic E-state index is -0.657. The molecule has 9 heteroatoms. The lowest BCUT2D eigenvalue weighted by molar-refractivity contribution is 0.0886. The van der Waals surface area contributed by atoms with Gasteiger partial charge in [0.25, 0.3) is 5.91 Å². The molecule has 1 amide bonds. The second kappa shape index (κ2) is 5.79. The van der Waals surface area contributed by atoms with Gasteiger partial charge in [0.1, 0.15) is 6.54 Å². The lowest BCUT2D eigenvalue weighted by atomic mass is 10.2. The molecule has 0 aliphatic carbocycles. The van der Waals surface area contributed by atoms with Gasteiger partial charge in [-0.25, -0.2) is 4.79 Å². The van der Waals surface area contributed by atoms with Crippen LogP contribution in [0.25, 0.3) is 10.9 Å². The van der Waals surface area contributed by atoms with Gasteiger partial charge in [-0.2, -0.15) is 9.90 Å². The van der Waals surface area contributed by atoms with E-state index in [2.05, 4.69) is 20.3 Å². The van der Waals surface area contributed by atoms with Crippen LogP contribution in [-0.2, 0) is 11.3 Å². The largest absolute Gasteiger partial charge is 0.453 e. The molecule has 0 fully saturated rings. The highest BCUT2D eigenvalue weighted by Crippen LogP contribution is 2.21. The number of benzene rings is 1. The predicted molar refractivity (Wildman–Crippen MR) is 83.0 cm³/mol. The number of rotatable bonds is 3. The van der Waals surface area contributed by atoms with Crippen LogP contribution in [0.1, 0.15) is 4.79 Å². The summed E-state index contributed by atoms with van der Waals surface area (Å²) in [6.07, 6.45) is 2.33. The number of ether oxygens (including phenoxy) is 1. The van der Waals surface area contributed by atoms with Crippen LogP contribution in [0.3, 0.4) is 0 Å². The topological polar surface area (TPSA) is 117 Å². The Morgan fingerprint density at radius 3 is 2.96 bits per heavy atom. The van der Waals surface area contributed by atoms with Crippen molar-refractivity contribution in [3.8, 4) is 0 Å². The van der Waals surface area contributed by atoms with Gasteiger partial charge in [-0.15, -0.1) is 5.10 Å². The first-order valence-corrected chi connectivity index (χ1v) is 6.72. The second-order valence-corrected chi connectivity index (χ2v) is 4.74. The Kier molecular flexibility index (Phi) is 3.67. The molecule has 0 atom stereocenters. The molecule has 2 aromatic heterocycles. The van der Waals surface area contributed by atoms with Crippen molar-refractivity contribution < 1.29 is 14.3 Å². The van der Waals surface area contributed by atoms with E-state index in [9.17, 15) is 9.59 Å². The quantitative estimate of drug-likeness (QED) is 0.704. The first-order chi connectivity index (χ1) is 11.1. The van der Waals surface area contributed by atoms with Crippen molar-refractivity contribution in [2.24, 2.45) is 0 Å². The SMILES string of the molecule is COC(=O)Nc1cnn(CC(=O)n2ccc3c(N)cccc32)n1. The fourth-order valence-corrected chi connectivity index (χ4v) is 2.19. The zero-order chi connectivity index (χ0) is 16.4. The molecule has 3 aromatic rings. The molecule has 118 valence electrons. The summed E-state index contributed by atoms with van der Waals surface area (Å²) in [6, 6.07) is 7.15. The maximum atomic E-state index is 12.4. The number of aromatic nitrogens is 4. The maximum Gasteiger partial charge on any atom is 0.412 e. The number of nitrogen functional groups attached to an aromatic ring is 1. The van der Waals surface area contributed by atoms with Crippen LogP contribution in [-0.4, -0.2) is 38.7 Å². The lowest BCUT2D eigenvalue weighted by Gasteiger charge is -2.04. The molecular formula is C14H14N6O3. The van der Waals surface area contributed by atoms with E-state index >= 15 is 0 Å². The van der Waals surface area contributed by atoms with Gasteiger partial charge in [-0.05, 0) is 18.2 Å². The lowest BCUT2D eigenvalue weighted by Crippen LogP contribution is -2.19. The smallest absolute Gasteiger partial charge is 0.412 e. The van der Waals surface area contributed by atoms with Gasteiger partial charge < -0.3 is 10.5 Å². The summed E-state index contributed by atoms with van der Waals surface area (Å²) < 4.78 is 5.94. The third-order valence-corrected chi connectivity index (χ3v) is 3.26. The summed E-state index contributed by atoms with van der Waals surface area (Å²) in [5.74, 6) is -0.0305. The van der Waals surface area contributed by atoms with Gasteiger partial charge in [-0.1, -0.05) is 6.07 Å². The molecule has 2 heterocycles. The number of hydrogen-bond donors (Lipinski definition) is 2. The maximum absolute atomic E-state index is 12.4. The second-order valence-electron chi connectivity index (χ2n) is 4.74. The Morgan fingerprint density at radius 1 is 1.35 bits per heavy atom. The highest BCUT2D eigenvalue weighted by atomic mass is 16.5. The van der Waals surface area contributed by atoms with Crippen molar-refractivity contribution in [2.75, 3.05) is 18.2 Å². The number of carbonyl (C=O) groups is 2. The highest BCUT2D eigenvalue weighted by Gasteiger charge is 2.13. The van der Waals surface area contributed by atoms with Crippen molar-refractivity contribution in [1.29, 1.82) is 0 Å². The first-order valence-electron chi connectivity index (χ1n) is 6.72. The van der Waals surface area contributed by atoms with Crippen LogP contribution in [0.15, 0.2) is 36.7 Å². The number of nitrogens with two attached hydrogens (primary N) is 1. The molecular weight excluding hydrogens is 300 g/mol. The van der Waals surface area contributed by atoms with Gasteiger partial charge in [0.15, 0.2) is 5.82 Å². The molecule has 0 spiro atoms. The molecule has 3 rings (SSSR count). The zero-order valence-corrected chi connectivity index (χ0v) is 12.3. The van der Waals surface area contributed by atoms with Gasteiger partial charge >= 0.3 is 6.09 Å². The number of carbonyl (C=O) groups excluding carboxylic acids is 2. The fourth-order valence-electron chi connectivity index (χ4n) is 2.19. The van der Waals surface area contributed by atoms with Crippen molar-refractivity contribution in [2.45, 2.75) is 6.54 Å². The standard InChI is InChI=1S/C14H14N6O3/c1-23-14(22)17-12-7-16-20(18-12)8-13(21)19-6-5-9-10(15)3-2-4-11(9)19/h2-7H,8,15H2,1H3,(H,17,18,22). The van der Waals surface area contributed by atoms with Gasteiger partial charge in [0.05, 0.1) is 18.8 Å². The van der Waals surface area contributed by atoms with E-state index < -0.39 is 6.09 Å². The molecule has 0 radical (unpaired) electrons. The van der Waals surface area contributed by atoms with E-state index in [0.717, 1.165) is 10.9 Å². The van der Waals surface area contributed by atoms with E-state index in [-0.39, 0.29) is 18.3 Å².